The van der Waals surface area contributed by atoms with Gasteiger partial charge in [0.15, 0.2) is 0 Å². The summed E-state index contributed by atoms with van der Waals surface area (Å²) in [6.45, 7) is 17.8. The predicted octanol–water partition coefficient (Wildman–Crippen LogP) is 5.43. The van der Waals surface area contributed by atoms with E-state index in [0.29, 0.717) is 0 Å². The zero-order valence-corrected chi connectivity index (χ0v) is 26.7. The Balaban J connectivity index is 0.000000876. The molecule has 7 nitrogen and oxygen atoms in total. The molecule has 2 saturated heterocycles. The van der Waals surface area contributed by atoms with Gasteiger partial charge in [-0.05, 0) is 49.0 Å². The van der Waals surface area contributed by atoms with E-state index in [-0.39, 0.29) is 6.92 Å². The van der Waals surface area contributed by atoms with Crippen molar-refractivity contribution in [3.8, 4) is 11.1 Å². The van der Waals surface area contributed by atoms with Crippen molar-refractivity contribution < 1.29 is 13.2 Å². The second kappa shape index (κ2) is 19.0. The topological polar surface area (TPSA) is 71.8 Å². The number of halogens is 3. The highest BCUT2D eigenvalue weighted by molar-refractivity contribution is 5.80. The molecule has 2 aromatic carbocycles. The first-order valence-corrected chi connectivity index (χ1v) is 14.9. The molecule has 2 aliphatic heterocycles. The molecule has 44 heavy (non-hydrogen) atoms. The molecular weight excluding hydrogens is 563 g/mol. The van der Waals surface area contributed by atoms with Crippen molar-refractivity contribution in [2.75, 3.05) is 83.7 Å². The van der Waals surface area contributed by atoms with Gasteiger partial charge < -0.3 is 31.5 Å². The number of alkyl halides is 3. The Bertz CT molecular complexity index is 1220. The molecule has 0 spiro atoms. The number of piperazine rings is 2. The molecule has 2 heterocycles. The van der Waals surface area contributed by atoms with E-state index in [1.54, 1.807) is 6.08 Å². The van der Waals surface area contributed by atoms with E-state index >= 15 is 0 Å². The zero-order chi connectivity index (χ0) is 32.5. The first-order valence-electron chi connectivity index (χ1n) is 14.9. The summed E-state index contributed by atoms with van der Waals surface area (Å²) >= 11 is 0. The van der Waals surface area contributed by atoms with Crippen LogP contribution in [0.2, 0.25) is 0 Å². The molecule has 242 valence electrons. The Morgan fingerprint density at radius 3 is 2.25 bits per heavy atom. The number of nitrogens with one attached hydrogen (secondary N) is 3. The molecule has 0 radical (unpaired) electrons. The highest BCUT2D eigenvalue weighted by Crippen LogP contribution is 2.34. The van der Waals surface area contributed by atoms with Crippen LogP contribution >= 0.6 is 0 Å². The lowest BCUT2D eigenvalue weighted by Gasteiger charge is -2.35. The van der Waals surface area contributed by atoms with E-state index in [2.05, 4.69) is 99.1 Å². The Labute approximate surface area is 262 Å². The molecule has 0 aromatic heterocycles. The van der Waals surface area contributed by atoms with E-state index in [4.69, 9.17) is 0 Å². The Kier molecular flexibility index (Phi) is 15.8. The molecule has 5 N–H and O–H groups in total. The van der Waals surface area contributed by atoms with Gasteiger partial charge >= 0.3 is 6.18 Å². The summed E-state index contributed by atoms with van der Waals surface area (Å²) in [5.74, 6) is 0. The lowest BCUT2D eigenvalue weighted by Crippen LogP contribution is -2.44. The summed E-state index contributed by atoms with van der Waals surface area (Å²) in [5, 5.41) is 10.2. The van der Waals surface area contributed by atoms with Crippen molar-refractivity contribution in [3.63, 3.8) is 0 Å². The molecule has 2 fully saturated rings. The maximum absolute atomic E-state index is 10.4. The molecule has 2 aromatic rings. The second-order valence-electron chi connectivity index (χ2n) is 10.6. The molecule has 10 heteroatoms. The summed E-state index contributed by atoms with van der Waals surface area (Å²) in [5.41, 5.74) is 12.4. The molecule has 0 saturated carbocycles. The van der Waals surface area contributed by atoms with Crippen LogP contribution in [-0.4, -0.2) is 89.5 Å². The van der Waals surface area contributed by atoms with Crippen LogP contribution in [0.1, 0.15) is 12.5 Å². The van der Waals surface area contributed by atoms with Gasteiger partial charge in [0, 0.05) is 90.3 Å². The quantitative estimate of drug-likeness (QED) is 0.267. The van der Waals surface area contributed by atoms with E-state index in [0.717, 1.165) is 75.9 Å². The van der Waals surface area contributed by atoms with E-state index in [9.17, 15) is 13.2 Å². The van der Waals surface area contributed by atoms with E-state index < -0.39 is 6.18 Å². The van der Waals surface area contributed by atoms with Gasteiger partial charge in [-0.3, -0.25) is 4.90 Å². The third-order valence-electron chi connectivity index (χ3n) is 7.06. The van der Waals surface area contributed by atoms with Gasteiger partial charge in [-0.25, -0.2) is 0 Å². The SMILES string of the molecule is C=C/C=C\C(=C/NC)C(=C)Nc1cc(-c2cccc(CN3CCNCC3)c2)ccc1N1CCN(C)CC1.CC(F)(F)F.CN. The number of rotatable bonds is 10. The van der Waals surface area contributed by atoms with Crippen LogP contribution in [0.25, 0.3) is 11.1 Å². The van der Waals surface area contributed by atoms with Crippen molar-refractivity contribution in [2.45, 2.75) is 19.6 Å². The van der Waals surface area contributed by atoms with Gasteiger partial charge in [0.1, 0.15) is 0 Å². The monoisotopic (exact) mass is 613 g/mol. The number of benzene rings is 2. The number of nitrogens with zero attached hydrogens (tertiary/aromatic N) is 3. The van der Waals surface area contributed by atoms with Gasteiger partial charge in [0.25, 0.3) is 0 Å². The Morgan fingerprint density at radius 2 is 1.64 bits per heavy atom. The minimum atomic E-state index is -4.00. The number of likely N-dealkylation sites (N-methyl/N-ethyl adjacent to an activating group) is 1. The summed E-state index contributed by atoms with van der Waals surface area (Å²) in [6.07, 6.45) is 3.67. The first-order chi connectivity index (χ1) is 21.1. The molecular formula is C34H50F3N7. The number of hydrogen-bond donors (Lipinski definition) is 4. The summed E-state index contributed by atoms with van der Waals surface area (Å²) < 4.78 is 31.1. The maximum Gasteiger partial charge on any atom is 0.386 e. The first kappa shape index (κ1) is 36.6. The van der Waals surface area contributed by atoms with Gasteiger partial charge in [-0.2, -0.15) is 13.2 Å². The van der Waals surface area contributed by atoms with E-state index in [1.165, 1.54) is 29.4 Å². The van der Waals surface area contributed by atoms with Gasteiger partial charge in [0.05, 0.1) is 11.4 Å². The molecule has 0 amide bonds. The minimum absolute atomic E-state index is 0.188. The lowest BCUT2D eigenvalue weighted by atomic mass is 10.0. The smallest absolute Gasteiger partial charge is 0.386 e. The number of nitrogens with two attached hydrogens (primary N) is 1. The molecule has 0 bridgehead atoms. The minimum Gasteiger partial charge on any atom is -0.393 e. The van der Waals surface area contributed by atoms with Crippen molar-refractivity contribution in [3.05, 3.63) is 96.9 Å². The lowest BCUT2D eigenvalue weighted by molar-refractivity contribution is -0.110. The maximum atomic E-state index is 10.4. The van der Waals surface area contributed by atoms with Crippen molar-refractivity contribution in [1.29, 1.82) is 0 Å². The summed E-state index contributed by atoms with van der Waals surface area (Å²) in [4.78, 5) is 7.38. The average Bonchev–Trinajstić information content (AvgIpc) is 3.00. The standard InChI is InChI=1S/C31H42N6.C2H3F3.CH5N/c1-5-6-9-29(23-32-3)25(2)34-30-22-28(11-12-31(30)37-19-17-35(4)18-20-37)27-10-7-8-26(21-27)24-36-15-13-33-14-16-36;1-2(3,4)5;1-2/h5-12,21-23,32-34H,1-2,13-20,24H2,3-4H3;1H3;2H2,1H3/b9-6-,29-23+;;. The highest BCUT2D eigenvalue weighted by atomic mass is 19.4. The number of anilines is 2. The van der Waals surface area contributed by atoms with Crippen LogP contribution in [0.15, 0.2) is 91.3 Å². The molecule has 0 atom stereocenters. The van der Waals surface area contributed by atoms with Crippen LogP contribution in [0.5, 0.6) is 0 Å². The molecule has 0 aliphatic carbocycles. The van der Waals surface area contributed by atoms with Crippen molar-refractivity contribution in [2.24, 2.45) is 5.73 Å². The number of allylic oxidation sites excluding steroid dienone is 3. The van der Waals surface area contributed by atoms with Crippen LogP contribution in [0.4, 0.5) is 24.5 Å². The van der Waals surface area contributed by atoms with Gasteiger partial charge in [-0.1, -0.05) is 55.7 Å². The van der Waals surface area contributed by atoms with Crippen LogP contribution in [0, 0.1) is 0 Å². The highest BCUT2D eigenvalue weighted by Gasteiger charge is 2.19. The largest absolute Gasteiger partial charge is 0.393 e. The van der Waals surface area contributed by atoms with Crippen molar-refractivity contribution >= 4 is 11.4 Å². The van der Waals surface area contributed by atoms with Crippen LogP contribution in [0.3, 0.4) is 0 Å². The molecule has 4 rings (SSSR count). The van der Waals surface area contributed by atoms with Crippen LogP contribution in [-0.2, 0) is 6.54 Å². The normalized spacial score (nSPS) is 16.4. The third-order valence-corrected chi connectivity index (χ3v) is 7.06. The number of hydrogen-bond acceptors (Lipinski definition) is 7. The second-order valence-corrected chi connectivity index (χ2v) is 10.6. The third kappa shape index (κ3) is 13.0. The summed E-state index contributed by atoms with van der Waals surface area (Å²) in [7, 11) is 5.59. The predicted molar refractivity (Wildman–Crippen MR) is 181 cm³/mol. The zero-order valence-electron chi connectivity index (χ0n) is 26.7. The van der Waals surface area contributed by atoms with Crippen LogP contribution < -0.4 is 26.6 Å². The Hall–Kier alpha value is -3.57. The molecule has 0 unspecified atom stereocenters. The fraction of sp³-hybridized carbons (Fsp3) is 0.412. The summed E-state index contributed by atoms with van der Waals surface area (Å²) in [6, 6.07) is 15.8. The molecule has 2 aliphatic rings. The fourth-order valence-corrected chi connectivity index (χ4v) is 4.91. The fourth-order valence-electron chi connectivity index (χ4n) is 4.91. The van der Waals surface area contributed by atoms with Gasteiger partial charge in [-0.15, -0.1) is 0 Å². The average molecular weight is 614 g/mol. The Morgan fingerprint density at radius 1 is 1.00 bits per heavy atom. The van der Waals surface area contributed by atoms with Crippen molar-refractivity contribution in [1.82, 2.24) is 20.4 Å². The van der Waals surface area contributed by atoms with Gasteiger partial charge in [0.2, 0.25) is 0 Å². The van der Waals surface area contributed by atoms with E-state index in [1.807, 2.05) is 25.4 Å².